The van der Waals surface area contributed by atoms with Crippen molar-refractivity contribution in [2.45, 2.75) is 13.8 Å². The summed E-state index contributed by atoms with van der Waals surface area (Å²) in [4.78, 5) is 36.6. The first-order valence-electron chi connectivity index (χ1n) is 10.9. The van der Waals surface area contributed by atoms with Crippen LogP contribution in [0.4, 0.5) is 0 Å². The van der Waals surface area contributed by atoms with Gasteiger partial charge in [-0.3, -0.25) is 9.59 Å². The monoisotopic (exact) mass is 527 g/mol. The molecule has 0 bridgehead atoms. The van der Waals surface area contributed by atoms with Crippen LogP contribution in [0, 0.1) is 6.92 Å². The maximum absolute atomic E-state index is 12.5. The molecular formula is C26H23Cl2N3O5. The molecule has 3 aromatic rings. The van der Waals surface area contributed by atoms with E-state index in [0.717, 1.165) is 5.56 Å². The summed E-state index contributed by atoms with van der Waals surface area (Å²) in [5.41, 5.74) is 4.56. The van der Waals surface area contributed by atoms with E-state index in [0.29, 0.717) is 28.5 Å². The normalized spacial score (nSPS) is 10.7. The number of ether oxygens (including phenoxy) is 2. The Bertz CT molecular complexity index is 1290. The number of carbonyl (C=O) groups excluding carboxylic acids is 3. The van der Waals surface area contributed by atoms with Crippen molar-refractivity contribution in [3.63, 3.8) is 0 Å². The van der Waals surface area contributed by atoms with Gasteiger partial charge in [0.1, 0.15) is 0 Å². The Labute approximate surface area is 218 Å². The number of amides is 2. The first-order valence-corrected chi connectivity index (χ1v) is 11.6. The van der Waals surface area contributed by atoms with Crippen LogP contribution in [0.2, 0.25) is 10.0 Å². The van der Waals surface area contributed by atoms with E-state index < -0.39 is 11.9 Å². The van der Waals surface area contributed by atoms with Gasteiger partial charge >= 0.3 is 5.97 Å². The number of halogens is 2. The summed E-state index contributed by atoms with van der Waals surface area (Å²) in [5, 5.41) is 6.99. The van der Waals surface area contributed by atoms with Crippen LogP contribution < -0.4 is 20.2 Å². The highest BCUT2D eigenvalue weighted by molar-refractivity contribution is 6.36. The minimum atomic E-state index is -0.668. The zero-order valence-electron chi connectivity index (χ0n) is 19.5. The Morgan fingerprint density at radius 2 is 1.72 bits per heavy atom. The lowest BCUT2D eigenvalue weighted by Gasteiger charge is -2.12. The molecular weight excluding hydrogens is 505 g/mol. The minimum Gasteiger partial charge on any atom is -0.490 e. The maximum atomic E-state index is 12.5. The van der Waals surface area contributed by atoms with Crippen molar-refractivity contribution in [3.05, 3.63) is 93.0 Å². The lowest BCUT2D eigenvalue weighted by molar-refractivity contribution is -0.120. The molecule has 3 aromatic carbocycles. The first-order chi connectivity index (χ1) is 17.3. The zero-order valence-corrected chi connectivity index (χ0v) is 21.0. The van der Waals surface area contributed by atoms with E-state index in [1.807, 2.05) is 19.1 Å². The molecule has 186 valence electrons. The number of hydrogen-bond donors (Lipinski definition) is 2. The van der Waals surface area contributed by atoms with Crippen molar-refractivity contribution in [3.8, 4) is 11.5 Å². The quantitative estimate of drug-likeness (QED) is 0.180. The molecule has 0 atom stereocenters. The smallest absolute Gasteiger partial charge is 0.345 e. The van der Waals surface area contributed by atoms with Crippen LogP contribution >= 0.6 is 23.2 Å². The van der Waals surface area contributed by atoms with Crippen molar-refractivity contribution < 1.29 is 23.9 Å². The summed E-state index contributed by atoms with van der Waals surface area (Å²) in [5.74, 6) is -1.04. The van der Waals surface area contributed by atoms with Gasteiger partial charge in [-0.2, -0.15) is 5.10 Å². The highest BCUT2D eigenvalue weighted by atomic mass is 35.5. The van der Waals surface area contributed by atoms with E-state index in [9.17, 15) is 14.4 Å². The molecule has 0 aromatic heterocycles. The summed E-state index contributed by atoms with van der Waals surface area (Å²) in [6.07, 6.45) is 1.39. The van der Waals surface area contributed by atoms with Crippen LogP contribution in [0.25, 0.3) is 0 Å². The fourth-order valence-electron chi connectivity index (χ4n) is 2.95. The van der Waals surface area contributed by atoms with Crippen LogP contribution in [0.1, 0.15) is 38.8 Å². The summed E-state index contributed by atoms with van der Waals surface area (Å²) >= 11 is 12.0. The number of nitrogens with zero attached hydrogens (tertiary/aromatic N) is 1. The van der Waals surface area contributed by atoms with Gasteiger partial charge < -0.3 is 14.8 Å². The van der Waals surface area contributed by atoms with Crippen molar-refractivity contribution in [1.82, 2.24) is 10.7 Å². The molecule has 2 N–H and O–H groups in total. The molecule has 0 heterocycles. The molecule has 0 fully saturated rings. The van der Waals surface area contributed by atoms with Gasteiger partial charge in [0.2, 0.25) is 0 Å². The molecule has 0 saturated carbocycles. The number of hydrogen-bond acceptors (Lipinski definition) is 6. The average molecular weight is 528 g/mol. The molecule has 0 spiro atoms. The summed E-state index contributed by atoms with van der Waals surface area (Å²) in [7, 11) is 0. The van der Waals surface area contributed by atoms with Gasteiger partial charge in [0.25, 0.3) is 11.8 Å². The Hall–Kier alpha value is -3.88. The fraction of sp³-hybridized carbons (Fsp3) is 0.154. The zero-order chi connectivity index (χ0) is 26.1. The number of benzene rings is 3. The number of hydrazone groups is 1. The third-order valence-corrected chi connectivity index (χ3v) is 5.30. The van der Waals surface area contributed by atoms with Gasteiger partial charge in [-0.25, -0.2) is 10.2 Å². The van der Waals surface area contributed by atoms with E-state index >= 15 is 0 Å². The Kier molecular flexibility index (Phi) is 9.44. The molecule has 2 amide bonds. The van der Waals surface area contributed by atoms with Gasteiger partial charge in [0.05, 0.1) is 30.0 Å². The number of rotatable bonds is 9. The largest absolute Gasteiger partial charge is 0.490 e. The number of aryl methyl sites for hydroxylation is 1. The van der Waals surface area contributed by atoms with E-state index in [-0.39, 0.29) is 28.8 Å². The molecule has 0 saturated heterocycles. The predicted octanol–water partition coefficient (Wildman–Crippen LogP) is 4.80. The Morgan fingerprint density at radius 3 is 2.42 bits per heavy atom. The Balaban J connectivity index is 1.59. The summed E-state index contributed by atoms with van der Waals surface area (Å²) in [6, 6.07) is 16.2. The van der Waals surface area contributed by atoms with Crippen LogP contribution in [-0.2, 0) is 4.79 Å². The summed E-state index contributed by atoms with van der Waals surface area (Å²) in [6.45, 7) is 3.79. The van der Waals surface area contributed by atoms with Gasteiger partial charge in [-0.1, -0.05) is 40.9 Å². The third-order valence-electron chi connectivity index (χ3n) is 4.75. The number of nitrogens with one attached hydrogen (secondary N) is 2. The van der Waals surface area contributed by atoms with Gasteiger partial charge in [0, 0.05) is 10.6 Å². The first kappa shape index (κ1) is 26.7. The van der Waals surface area contributed by atoms with E-state index in [1.54, 1.807) is 31.2 Å². The second kappa shape index (κ2) is 12.7. The predicted molar refractivity (Wildman–Crippen MR) is 138 cm³/mol. The van der Waals surface area contributed by atoms with Crippen molar-refractivity contribution in [2.24, 2.45) is 5.10 Å². The van der Waals surface area contributed by atoms with E-state index in [4.69, 9.17) is 32.7 Å². The number of carbonyl (C=O) groups is 3. The highest BCUT2D eigenvalue weighted by Gasteiger charge is 2.16. The van der Waals surface area contributed by atoms with E-state index in [1.165, 1.54) is 30.5 Å². The summed E-state index contributed by atoms with van der Waals surface area (Å²) < 4.78 is 11.0. The molecule has 0 aliphatic heterocycles. The molecule has 36 heavy (non-hydrogen) atoms. The molecule has 8 nitrogen and oxygen atoms in total. The van der Waals surface area contributed by atoms with Gasteiger partial charge in [-0.15, -0.1) is 0 Å². The topological polar surface area (TPSA) is 106 Å². The molecule has 3 rings (SSSR count). The van der Waals surface area contributed by atoms with Crippen LogP contribution in [0.3, 0.4) is 0 Å². The standard InChI is InChI=1S/C26H23Cl2N3O5/c1-3-35-23-12-17(6-11-22(23)36-26(34)20-10-9-19(27)13-21(20)28)14-30-31-24(32)15-29-25(33)18-7-4-16(2)5-8-18/h4-14H,3,15H2,1-2H3,(H,29,33)(H,31,32)/b30-14+. The average Bonchev–Trinajstić information content (AvgIpc) is 2.84. The SMILES string of the molecule is CCOc1cc(/C=N/NC(=O)CNC(=O)c2ccc(C)cc2)ccc1OC(=O)c1ccc(Cl)cc1Cl. The second-order valence-corrected chi connectivity index (χ2v) is 8.34. The van der Waals surface area contributed by atoms with Crippen LogP contribution in [-0.4, -0.2) is 37.1 Å². The van der Waals surface area contributed by atoms with Crippen molar-refractivity contribution in [1.29, 1.82) is 0 Å². The fourth-order valence-corrected chi connectivity index (χ4v) is 3.44. The molecule has 0 aliphatic carbocycles. The Morgan fingerprint density at radius 1 is 0.972 bits per heavy atom. The van der Waals surface area contributed by atoms with Crippen molar-refractivity contribution in [2.75, 3.05) is 13.2 Å². The molecule has 10 heteroatoms. The lowest BCUT2D eigenvalue weighted by atomic mass is 10.1. The van der Waals surface area contributed by atoms with Crippen LogP contribution in [0.15, 0.2) is 65.8 Å². The van der Waals surface area contributed by atoms with Gasteiger partial charge in [0.15, 0.2) is 11.5 Å². The highest BCUT2D eigenvalue weighted by Crippen LogP contribution is 2.30. The maximum Gasteiger partial charge on any atom is 0.345 e. The van der Waals surface area contributed by atoms with E-state index in [2.05, 4.69) is 15.8 Å². The van der Waals surface area contributed by atoms with Gasteiger partial charge in [-0.05, 0) is 67.9 Å². The molecule has 0 unspecified atom stereocenters. The molecule has 0 aliphatic rings. The minimum absolute atomic E-state index is 0.159. The molecule has 0 radical (unpaired) electrons. The second-order valence-electron chi connectivity index (χ2n) is 7.49. The lowest BCUT2D eigenvalue weighted by Crippen LogP contribution is -2.34. The third kappa shape index (κ3) is 7.56. The number of esters is 1. The van der Waals surface area contributed by atoms with Crippen molar-refractivity contribution >= 4 is 47.2 Å². The van der Waals surface area contributed by atoms with Crippen LogP contribution in [0.5, 0.6) is 11.5 Å².